The van der Waals surface area contributed by atoms with Gasteiger partial charge in [0.1, 0.15) is 4.60 Å². The lowest BCUT2D eigenvalue weighted by molar-refractivity contribution is 0.877. The van der Waals surface area contributed by atoms with Crippen LogP contribution >= 0.6 is 31.9 Å². The Kier molecular flexibility index (Phi) is 4.40. The van der Waals surface area contributed by atoms with Gasteiger partial charge < -0.3 is 5.32 Å². The van der Waals surface area contributed by atoms with Crippen LogP contribution in [-0.2, 0) is 0 Å². The smallest absolute Gasteiger partial charge is 0.106 e. The van der Waals surface area contributed by atoms with E-state index in [-0.39, 0.29) is 6.04 Å². The highest BCUT2D eigenvalue weighted by atomic mass is 79.9. The Balaban J connectivity index is 2.18. The van der Waals surface area contributed by atoms with Gasteiger partial charge in [0.05, 0.1) is 11.4 Å². The third kappa shape index (κ3) is 3.33. The van der Waals surface area contributed by atoms with Crippen LogP contribution in [0.25, 0.3) is 0 Å². The van der Waals surface area contributed by atoms with Gasteiger partial charge in [0, 0.05) is 10.5 Å². The normalized spacial score (nSPS) is 12.2. The molecule has 1 heterocycles. The first-order chi connectivity index (χ1) is 8.56. The molecule has 0 fully saturated rings. The molecule has 2 rings (SSSR count). The molecular weight excluding hydrogens is 356 g/mol. The number of aryl methyl sites for hydroxylation is 1. The van der Waals surface area contributed by atoms with Gasteiger partial charge in [0.15, 0.2) is 0 Å². The summed E-state index contributed by atoms with van der Waals surface area (Å²) in [7, 11) is 0. The third-order valence-corrected chi connectivity index (χ3v) is 3.71. The Bertz CT molecular complexity index is 555. The summed E-state index contributed by atoms with van der Waals surface area (Å²) in [5.74, 6) is 0. The van der Waals surface area contributed by atoms with E-state index in [1.54, 1.807) is 0 Å². The summed E-state index contributed by atoms with van der Waals surface area (Å²) in [6.07, 6.45) is 0. The van der Waals surface area contributed by atoms with Gasteiger partial charge in [0.2, 0.25) is 0 Å². The lowest BCUT2D eigenvalue weighted by atomic mass is 10.1. The van der Waals surface area contributed by atoms with Crippen LogP contribution < -0.4 is 5.32 Å². The standard InChI is InChI=1S/C14H14Br2N2/c1-9(11-4-3-5-12(15)8-11)17-13-6-7-14(16)18-10(13)2/h3-9,17H,1-2H3. The van der Waals surface area contributed by atoms with Crippen LogP contribution in [0.2, 0.25) is 0 Å². The quantitative estimate of drug-likeness (QED) is 0.762. The van der Waals surface area contributed by atoms with E-state index in [4.69, 9.17) is 0 Å². The fourth-order valence-corrected chi connectivity index (χ4v) is 2.59. The van der Waals surface area contributed by atoms with Crippen LogP contribution in [0, 0.1) is 6.92 Å². The summed E-state index contributed by atoms with van der Waals surface area (Å²) in [5.41, 5.74) is 3.29. The Morgan fingerprint density at radius 2 is 1.94 bits per heavy atom. The minimum atomic E-state index is 0.240. The molecule has 2 aromatic rings. The number of pyridine rings is 1. The number of benzene rings is 1. The van der Waals surface area contributed by atoms with Gasteiger partial charge in [-0.15, -0.1) is 0 Å². The van der Waals surface area contributed by atoms with Crippen LogP contribution in [-0.4, -0.2) is 4.98 Å². The van der Waals surface area contributed by atoms with Crippen LogP contribution in [0.4, 0.5) is 5.69 Å². The summed E-state index contributed by atoms with van der Waals surface area (Å²) >= 11 is 6.87. The number of aromatic nitrogens is 1. The molecule has 1 unspecified atom stereocenters. The number of nitrogens with zero attached hydrogens (tertiary/aromatic N) is 1. The van der Waals surface area contributed by atoms with Crippen molar-refractivity contribution >= 4 is 37.5 Å². The van der Waals surface area contributed by atoms with Crippen molar-refractivity contribution in [3.63, 3.8) is 0 Å². The predicted octanol–water partition coefficient (Wildman–Crippen LogP) is 5.09. The summed E-state index contributed by atoms with van der Waals surface area (Å²) < 4.78 is 1.96. The van der Waals surface area contributed by atoms with Gasteiger partial charge in [-0.05, 0) is 59.6 Å². The molecule has 18 heavy (non-hydrogen) atoms. The molecule has 0 saturated heterocycles. The minimum Gasteiger partial charge on any atom is -0.377 e. The zero-order valence-corrected chi connectivity index (χ0v) is 13.4. The lowest BCUT2D eigenvalue weighted by Crippen LogP contribution is -2.08. The average Bonchev–Trinajstić information content (AvgIpc) is 2.32. The Hall–Kier alpha value is -0.870. The number of nitrogens with one attached hydrogen (secondary N) is 1. The van der Waals surface area contributed by atoms with Crippen LogP contribution in [0.3, 0.4) is 0 Å². The van der Waals surface area contributed by atoms with Gasteiger partial charge in [-0.3, -0.25) is 0 Å². The van der Waals surface area contributed by atoms with Gasteiger partial charge in [-0.1, -0.05) is 28.1 Å². The molecular formula is C14H14Br2N2. The summed E-state index contributed by atoms with van der Waals surface area (Å²) in [6, 6.07) is 12.5. The zero-order valence-electron chi connectivity index (χ0n) is 10.2. The third-order valence-electron chi connectivity index (χ3n) is 2.77. The Morgan fingerprint density at radius 1 is 1.17 bits per heavy atom. The molecule has 1 N–H and O–H groups in total. The summed E-state index contributed by atoms with van der Waals surface area (Å²) in [4.78, 5) is 4.38. The van der Waals surface area contributed by atoms with E-state index < -0.39 is 0 Å². The van der Waals surface area contributed by atoms with E-state index in [9.17, 15) is 0 Å². The topological polar surface area (TPSA) is 24.9 Å². The van der Waals surface area contributed by atoms with Crippen molar-refractivity contribution in [2.45, 2.75) is 19.9 Å². The highest BCUT2D eigenvalue weighted by Crippen LogP contribution is 2.24. The molecule has 2 nitrogen and oxygen atoms in total. The van der Waals surface area contributed by atoms with E-state index in [2.05, 4.69) is 61.2 Å². The van der Waals surface area contributed by atoms with Gasteiger partial charge in [0.25, 0.3) is 0 Å². The number of hydrogen-bond donors (Lipinski definition) is 1. The maximum atomic E-state index is 4.38. The van der Waals surface area contributed by atoms with Gasteiger partial charge >= 0.3 is 0 Å². The van der Waals surface area contributed by atoms with Crippen LogP contribution in [0.1, 0.15) is 24.2 Å². The second kappa shape index (κ2) is 5.85. The van der Waals surface area contributed by atoms with Crippen molar-refractivity contribution in [1.29, 1.82) is 0 Å². The predicted molar refractivity (Wildman–Crippen MR) is 82.9 cm³/mol. The number of halogens is 2. The van der Waals surface area contributed by atoms with E-state index in [1.807, 2.05) is 31.2 Å². The van der Waals surface area contributed by atoms with E-state index in [0.29, 0.717) is 0 Å². The fourth-order valence-electron chi connectivity index (χ4n) is 1.78. The first kappa shape index (κ1) is 13.6. The van der Waals surface area contributed by atoms with Crippen LogP contribution in [0.15, 0.2) is 45.5 Å². The van der Waals surface area contributed by atoms with E-state index in [0.717, 1.165) is 20.5 Å². The van der Waals surface area contributed by atoms with Crippen molar-refractivity contribution in [2.24, 2.45) is 0 Å². The second-order valence-electron chi connectivity index (χ2n) is 4.19. The molecule has 0 aliphatic carbocycles. The molecule has 0 aliphatic heterocycles. The number of hydrogen-bond acceptors (Lipinski definition) is 2. The lowest BCUT2D eigenvalue weighted by Gasteiger charge is -2.17. The van der Waals surface area contributed by atoms with Crippen molar-refractivity contribution < 1.29 is 0 Å². The summed E-state index contributed by atoms with van der Waals surface area (Å²) in [6.45, 7) is 4.14. The molecule has 1 aromatic carbocycles. The number of rotatable bonds is 3. The molecule has 0 saturated carbocycles. The maximum Gasteiger partial charge on any atom is 0.106 e. The molecule has 1 atom stereocenters. The monoisotopic (exact) mass is 368 g/mol. The molecule has 4 heteroatoms. The first-order valence-electron chi connectivity index (χ1n) is 5.71. The Labute approximate surface area is 124 Å². The minimum absolute atomic E-state index is 0.240. The molecule has 0 spiro atoms. The molecule has 94 valence electrons. The van der Waals surface area contributed by atoms with Crippen molar-refractivity contribution in [3.8, 4) is 0 Å². The molecule has 0 aliphatic rings. The molecule has 0 radical (unpaired) electrons. The maximum absolute atomic E-state index is 4.38. The molecule has 0 amide bonds. The largest absolute Gasteiger partial charge is 0.377 e. The number of anilines is 1. The highest BCUT2D eigenvalue weighted by Gasteiger charge is 2.08. The fraction of sp³-hybridized carbons (Fsp3) is 0.214. The van der Waals surface area contributed by atoms with E-state index in [1.165, 1.54) is 5.56 Å². The van der Waals surface area contributed by atoms with Crippen molar-refractivity contribution in [3.05, 3.63) is 56.7 Å². The Morgan fingerprint density at radius 3 is 2.61 bits per heavy atom. The molecule has 1 aromatic heterocycles. The second-order valence-corrected chi connectivity index (χ2v) is 5.92. The SMILES string of the molecule is Cc1nc(Br)ccc1NC(C)c1cccc(Br)c1. The van der Waals surface area contributed by atoms with E-state index >= 15 is 0 Å². The molecule has 0 bridgehead atoms. The van der Waals surface area contributed by atoms with Gasteiger partial charge in [-0.25, -0.2) is 4.98 Å². The first-order valence-corrected chi connectivity index (χ1v) is 7.30. The van der Waals surface area contributed by atoms with Gasteiger partial charge in [-0.2, -0.15) is 0 Å². The van der Waals surface area contributed by atoms with Crippen molar-refractivity contribution in [1.82, 2.24) is 4.98 Å². The van der Waals surface area contributed by atoms with Crippen molar-refractivity contribution in [2.75, 3.05) is 5.32 Å². The highest BCUT2D eigenvalue weighted by molar-refractivity contribution is 9.10. The van der Waals surface area contributed by atoms with Crippen LogP contribution in [0.5, 0.6) is 0 Å². The summed E-state index contributed by atoms with van der Waals surface area (Å²) in [5, 5.41) is 3.48. The average molecular weight is 370 g/mol. The zero-order chi connectivity index (χ0) is 13.1.